The summed E-state index contributed by atoms with van der Waals surface area (Å²) in [5, 5.41) is 6.21. The predicted octanol–water partition coefficient (Wildman–Crippen LogP) is 3.27. The van der Waals surface area contributed by atoms with E-state index in [1.807, 2.05) is 24.3 Å². The molecule has 0 saturated carbocycles. The van der Waals surface area contributed by atoms with Crippen LogP contribution in [0.1, 0.15) is 35.7 Å². The number of hydrogen-bond donors (Lipinski definition) is 2. The molecule has 1 aromatic carbocycles. The van der Waals surface area contributed by atoms with E-state index in [9.17, 15) is 4.79 Å². The van der Waals surface area contributed by atoms with E-state index in [1.165, 1.54) is 5.56 Å². The van der Waals surface area contributed by atoms with Crippen molar-refractivity contribution in [2.45, 2.75) is 26.2 Å². The largest absolute Gasteiger partial charge is 0.497 e. The van der Waals surface area contributed by atoms with Crippen molar-refractivity contribution < 1.29 is 9.53 Å². The number of carbonyl (C=O) groups is 1. The normalized spacial score (nSPS) is 10.2. The molecular formula is C19H25N3O2. The van der Waals surface area contributed by atoms with Crippen LogP contribution in [0.5, 0.6) is 5.75 Å². The summed E-state index contributed by atoms with van der Waals surface area (Å²) in [5.74, 6) is 0.785. The monoisotopic (exact) mass is 327 g/mol. The lowest BCUT2D eigenvalue weighted by Gasteiger charge is -2.09. The lowest BCUT2D eigenvalue weighted by Crippen LogP contribution is -2.24. The van der Waals surface area contributed by atoms with E-state index in [1.54, 1.807) is 19.5 Å². The zero-order valence-electron chi connectivity index (χ0n) is 14.3. The van der Waals surface area contributed by atoms with Crippen molar-refractivity contribution in [2.24, 2.45) is 0 Å². The lowest BCUT2D eigenvalue weighted by atomic mass is 10.1. The van der Waals surface area contributed by atoms with Gasteiger partial charge in [-0.05, 0) is 36.6 Å². The Morgan fingerprint density at radius 1 is 1.21 bits per heavy atom. The molecule has 2 rings (SSSR count). The Labute approximate surface area is 143 Å². The third-order valence-electron chi connectivity index (χ3n) is 3.69. The summed E-state index contributed by atoms with van der Waals surface area (Å²) in [6.07, 6.45) is 6.23. The number of nitrogens with one attached hydrogen (secondary N) is 2. The summed E-state index contributed by atoms with van der Waals surface area (Å²) in [4.78, 5) is 16.2. The molecule has 5 nitrogen and oxygen atoms in total. The highest BCUT2D eigenvalue weighted by atomic mass is 16.5. The molecule has 0 bridgehead atoms. The van der Waals surface area contributed by atoms with Crippen LogP contribution in [-0.2, 0) is 6.42 Å². The predicted molar refractivity (Wildman–Crippen MR) is 96.7 cm³/mol. The highest BCUT2D eigenvalue weighted by Gasteiger charge is 2.06. The van der Waals surface area contributed by atoms with E-state index in [0.717, 1.165) is 37.2 Å². The third-order valence-corrected chi connectivity index (χ3v) is 3.69. The zero-order valence-corrected chi connectivity index (χ0v) is 14.3. The van der Waals surface area contributed by atoms with Gasteiger partial charge in [-0.15, -0.1) is 0 Å². The lowest BCUT2D eigenvalue weighted by molar-refractivity contribution is 0.0953. The van der Waals surface area contributed by atoms with Crippen LogP contribution in [0.25, 0.3) is 0 Å². The first kappa shape index (κ1) is 17.8. The van der Waals surface area contributed by atoms with Gasteiger partial charge in [0.15, 0.2) is 0 Å². The highest BCUT2D eigenvalue weighted by Crippen LogP contribution is 2.14. The van der Waals surface area contributed by atoms with E-state index < -0.39 is 0 Å². The fourth-order valence-corrected chi connectivity index (χ4v) is 2.32. The molecule has 0 radical (unpaired) electrons. The SMILES string of the molecule is CCCCNC(=O)c1cncc(NCCc2cccc(OC)c2)c1. The van der Waals surface area contributed by atoms with Crippen LogP contribution in [0.3, 0.4) is 0 Å². The van der Waals surface area contributed by atoms with Gasteiger partial charge in [0.2, 0.25) is 0 Å². The molecule has 5 heteroatoms. The van der Waals surface area contributed by atoms with Gasteiger partial charge in [0.1, 0.15) is 5.75 Å². The number of nitrogens with zero attached hydrogens (tertiary/aromatic N) is 1. The van der Waals surface area contributed by atoms with Crippen molar-refractivity contribution in [1.29, 1.82) is 0 Å². The molecule has 2 aromatic rings. The second kappa shape index (κ2) is 9.55. The zero-order chi connectivity index (χ0) is 17.2. The summed E-state index contributed by atoms with van der Waals surface area (Å²) in [7, 11) is 1.67. The number of methoxy groups -OCH3 is 1. The summed E-state index contributed by atoms with van der Waals surface area (Å²) >= 11 is 0. The molecule has 0 saturated heterocycles. The molecule has 0 aliphatic rings. The molecule has 1 amide bonds. The Morgan fingerprint density at radius 3 is 2.88 bits per heavy atom. The minimum Gasteiger partial charge on any atom is -0.497 e. The summed E-state index contributed by atoms with van der Waals surface area (Å²) in [6, 6.07) is 9.84. The van der Waals surface area contributed by atoms with Crippen molar-refractivity contribution in [3.63, 3.8) is 0 Å². The van der Waals surface area contributed by atoms with Gasteiger partial charge in [-0.1, -0.05) is 25.5 Å². The van der Waals surface area contributed by atoms with Crippen molar-refractivity contribution in [3.05, 3.63) is 53.9 Å². The van der Waals surface area contributed by atoms with Gasteiger partial charge in [-0.2, -0.15) is 0 Å². The number of unbranched alkanes of at least 4 members (excludes halogenated alkanes) is 1. The van der Waals surface area contributed by atoms with Crippen molar-refractivity contribution in [2.75, 3.05) is 25.5 Å². The van der Waals surface area contributed by atoms with Crippen LogP contribution in [0, 0.1) is 0 Å². The van der Waals surface area contributed by atoms with Gasteiger partial charge in [0.25, 0.3) is 5.91 Å². The quantitative estimate of drug-likeness (QED) is 0.694. The molecule has 0 atom stereocenters. The van der Waals surface area contributed by atoms with Crippen LogP contribution < -0.4 is 15.4 Å². The van der Waals surface area contributed by atoms with Crippen LogP contribution in [0.2, 0.25) is 0 Å². The summed E-state index contributed by atoms with van der Waals surface area (Å²) < 4.78 is 5.23. The second-order valence-electron chi connectivity index (χ2n) is 5.60. The smallest absolute Gasteiger partial charge is 0.252 e. The van der Waals surface area contributed by atoms with Gasteiger partial charge in [-0.25, -0.2) is 0 Å². The maximum absolute atomic E-state index is 12.0. The van der Waals surface area contributed by atoms with Gasteiger partial charge < -0.3 is 15.4 Å². The number of rotatable bonds is 9. The molecule has 1 heterocycles. The Morgan fingerprint density at radius 2 is 2.08 bits per heavy atom. The Bertz CT molecular complexity index is 659. The maximum atomic E-state index is 12.0. The van der Waals surface area contributed by atoms with Gasteiger partial charge in [0, 0.05) is 25.5 Å². The molecule has 0 fully saturated rings. The Kier molecular flexibility index (Phi) is 7.08. The second-order valence-corrected chi connectivity index (χ2v) is 5.60. The first-order valence-electron chi connectivity index (χ1n) is 8.33. The average Bonchev–Trinajstić information content (AvgIpc) is 2.62. The van der Waals surface area contributed by atoms with Gasteiger partial charge in [-0.3, -0.25) is 9.78 Å². The van der Waals surface area contributed by atoms with Crippen molar-refractivity contribution in [3.8, 4) is 5.75 Å². The summed E-state index contributed by atoms with van der Waals surface area (Å²) in [5.41, 5.74) is 2.63. The van der Waals surface area contributed by atoms with E-state index >= 15 is 0 Å². The van der Waals surface area contributed by atoms with Gasteiger partial charge in [0.05, 0.1) is 18.4 Å². The molecule has 24 heavy (non-hydrogen) atoms. The number of aromatic nitrogens is 1. The molecule has 128 valence electrons. The standard InChI is InChI=1S/C19H25N3O2/c1-3-4-9-22-19(23)16-12-17(14-20-13-16)21-10-8-15-6-5-7-18(11-15)24-2/h5-7,11-14,21H,3-4,8-10H2,1-2H3,(H,22,23). The fraction of sp³-hybridized carbons (Fsp3) is 0.368. The topological polar surface area (TPSA) is 63.2 Å². The first-order valence-corrected chi connectivity index (χ1v) is 8.33. The van der Waals surface area contributed by atoms with E-state index in [2.05, 4.69) is 28.6 Å². The minimum absolute atomic E-state index is 0.0765. The molecule has 0 aliphatic heterocycles. The van der Waals surface area contributed by atoms with E-state index in [4.69, 9.17) is 4.74 Å². The third kappa shape index (κ3) is 5.57. The first-order chi connectivity index (χ1) is 11.7. The number of amides is 1. The maximum Gasteiger partial charge on any atom is 0.252 e. The molecule has 0 aliphatic carbocycles. The van der Waals surface area contributed by atoms with Crippen molar-refractivity contribution >= 4 is 11.6 Å². The molecule has 0 spiro atoms. The van der Waals surface area contributed by atoms with Gasteiger partial charge >= 0.3 is 0 Å². The van der Waals surface area contributed by atoms with Crippen LogP contribution in [0.4, 0.5) is 5.69 Å². The van der Waals surface area contributed by atoms with Crippen molar-refractivity contribution in [1.82, 2.24) is 10.3 Å². The number of hydrogen-bond acceptors (Lipinski definition) is 4. The van der Waals surface area contributed by atoms with E-state index in [-0.39, 0.29) is 5.91 Å². The molecule has 1 aromatic heterocycles. The fourth-order valence-electron chi connectivity index (χ4n) is 2.32. The number of carbonyl (C=O) groups excluding carboxylic acids is 1. The Hall–Kier alpha value is -2.56. The number of ether oxygens (including phenoxy) is 1. The average molecular weight is 327 g/mol. The number of benzene rings is 1. The molecule has 2 N–H and O–H groups in total. The highest BCUT2D eigenvalue weighted by molar-refractivity contribution is 5.94. The van der Waals surface area contributed by atoms with Crippen LogP contribution in [0.15, 0.2) is 42.7 Å². The van der Waals surface area contributed by atoms with E-state index in [0.29, 0.717) is 12.1 Å². The summed E-state index contributed by atoms with van der Waals surface area (Å²) in [6.45, 7) is 3.55. The van der Waals surface area contributed by atoms with Crippen LogP contribution >= 0.6 is 0 Å². The number of pyridine rings is 1. The number of anilines is 1. The Balaban J connectivity index is 1.86. The molecule has 0 unspecified atom stereocenters. The molecular weight excluding hydrogens is 302 g/mol. The minimum atomic E-state index is -0.0765. The van der Waals surface area contributed by atoms with Crippen LogP contribution in [-0.4, -0.2) is 31.1 Å².